The quantitative estimate of drug-likeness (QED) is 0.632. The summed E-state index contributed by atoms with van der Waals surface area (Å²) in [6, 6.07) is 7.61. The van der Waals surface area contributed by atoms with Crippen LogP contribution >= 0.6 is 27.7 Å². The van der Waals surface area contributed by atoms with E-state index in [2.05, 4.69) is 26.1 Å². The fourth-order valence-electron chi connectivity index (χ4n) is 1.44. The number of nitrogen functional groups attached to an aromatic ring is 1. The van der Waals surface area contributed by atoms with Crippen molar-refractivity contribution < 1.29 is 4.79 Å². The Labute approximate surface area is 122 Å². The van der Waals surface area contributed by atoms with E-state index in [0.29, 0.717) is 16.7 Å². The molecule has 8 heteroatoms. The van der Waals surface area contributed by atoms with Crippen molar-refractivity contribution in [2.75, 3.05) is 11.6 Å². The molecule has 1 aromatic carbocycles. The Morgan fingerprint density at radius 2 is 2.11 bits per heavy atom. The second kappa shape index (κ2) is 6.07. The average molecular weight is 342 g/mol. The van der Waals surface area contributed by atoms with E-state index in [1.54, 1.807) is 0 Å². The molecular formula is C11H12BrN5OS. The van der Waals surface area contributed by atoms with Crippen LogP contribution in [0.1, 0.15) is 6.42 Å². The first-order valence-corrected chi connectivity index (χ1v) is 7.24. The molecule has 6 nitrogen and oxygen atoms in total. The number of amides is 1. The largest absolute Gasteiger partial charge is 0.370 e. The van der Waals surface area contributed by atoms with Crippen LogP contribution in [0.15, 0.2) is 33.9 Å². The van der Waals surface area contributed by atoms with Gasteiger partial charge in [-0.05, 0) is 12.1 Å². The van der Waals surface area contributed by atoms with Crippen molar-refractivity contribution in [2.24, 2.45) is 5.73 Å². The smallest absolute Gasteiger partial charge is 0.218 e. The third-order valence-electron chi connectivity index (χ3n) is 2.36. The van der Waals surface area contributed by atoms with Gasteiger partial charge in [0.2, 0.25) is 11.1 Å². The molecule has 0 spiro atoms. The van der Waals surface area contributed by atoms with E-state index in [4.69, 9.17) is 11.6 Å². The van der Waals surface area contributed by atoms with E-state index in [1.807, 2.05) is 24.3 Å². The monoisotopic (exact) mass is 341 g/mol. The summed E-state index contributed by atoms with van der Waals surface area (Å²) in [5, 5.41) is 8.62. The van der Waals surface area contributed by atoms with Crippen LogP contribution in [-0.2, 0) is 4.79 Å². The molecule has 1 aromatic heterocycles. The molecule has 0 atom stereocenters. The molecule has 1 heterocycles. The van der Waals surface area contributed by atoms with Gasteiger partial charge in [0, 0.05) is 22.2 Å². The first-order chi connectivity index (χ1) is 9.09. The molecule has 0 unspecified atom stereocenters. The van der Waals surface area contributed by atoms with Gasteiger partial charge in [-0.15, -0.1) is 10.2 Å². The number of hydrogen-bond acceptors (Lipinski definition) is 5. The van der Waals surface area contributed by atoms with E-state index in [-0.39, 0.29) is 12.3 Å². The van der Waals surface area contributed by atoms with Crippen LogP contribution in [0.3, 0.4) is 0 Å². The number of thioether (sulfide) groups is 1. The van der Waals surface area contributed by atoms with Crippen LogP contribution in [0.5, 0.6) is 0 Å². The number of aromatic nitrogens is 3. The normalized spacial score (nSPS) is 10.6. The lowest BCUT2D eigenvalue weighted by molar-refractivity contribution is -0.117. The van der Waals surface area contributed by atoms with E-state index >= 15 is 0 Å². The zero-order chi connectivity index (χ0) is 13.8. The Balaban J connectivity index is 2.19. The fourth-order valence-corrected chi connectivity index (χ4v) is 2.72. The van der Waals surface area contributed by atoms with Crippen molar-refractivity contribution in [3.8, 4) is 11.4 Å². The number of nitrogens with zero attached hydrogens (tertiary/aromatic N) is 3. The summed E-state index contributed by atoms with van der Waals surface area (Å²) in [4.78, 5) is 10.7. The summed E-state index contributed by atoms with van der Waals surface area (Å²) in [6.07, 6.45) is 0.280. The Morgan fingerprint density at radius 1 is 1.37 bits per heavy atom. The standard InChI is InChI=1S/C11H12BrN5OS/c12-8-4-2-1-3-7(8)10-15-16-11(17(10)14)19-6-5-9(13)18/h1-4H,5-6,14H2,(H2,13,18). The number of nitrogens with two attached hydrogens (primary N) is 2. The Morgan fingerprint density at radius 3 is 2.79 bits per heavy atom. The van der Waals surface area contributed by atoms with Gasteiger partial charge in [-0.2, -0.15) is 0 Å². The van der Waals surface area contributed by atoms with Gasteiger partial charge in [-0.25, -0.2) is 4.68 Å². The molecule has 1 amide bonds. The molecule has 2 aromatic rings. The van der Waals surface area contributed by atoms with E-state index in [9.17, 15) is 4.79 Å². The molecule has 19 heavy (non-hydrogen) atoms. The predicted molar refractivity (Wildman–Crippen MR) is 77.8 cm³/mol. The second-order valence-electron chi connectivity index (χ2n) is 3.72. The average Bonchev–Trinajstić information content (AvgIpc) is 2.72. The highest BCUT2D eigenvalue weighted by molar-refractivity contribution is 9.10. The Kier molecular flexibility index (Phi) is 4.43. The number of hydrogen-bond donors (Lipinski definition) is 2. The molecule has 0 saturated carbocycles. The van der Waals surface area contributed by atoms with Crippen molar-refractivity contribution in [1.82, 2.24) is 14.9 Å². The van der Waals surface area contributed by atoms with Crippen LogP contribution in [0.4, 0.5) is 0 Å². The lowest BCUT2D eigenvalue weighted by Crippen LogP contribution is -2.13. The summed E-state index contributed by atoms with van der Waals surface area (Å²) >= 11 is 4.79. The van der Waals surface area contributed by atoms with Gasteiger partial charge in [0.05, 0.1) is 0 Å². The SMILES string of the molecule is NC(=O)CCSc1nnc(-c2ccccc2Br)n1N. The second-order valence-corrected chi connectivity index (χ2v) is 5.64. The molecule has 100 valence electrons. The first kappa shape index (κ1) is 13.9. The molecule has 4 N–H and O–H groups in total. The third kappa shape index (κ3) is 3.27. The van der Waals surface area contributed by atoms with Crippen molar-refractivity contribution in [3.63, 3.8) is 0 Å². The van der Waals surface area contributed by atoms with E-state index in [1.165, 1.54) is 16.4 Å². The minimum Gasteiger partial charge on any atom is -0.370 e. The topological polar surface area (TPSA) is 99.8 Å². The Bertz CT molecular complexity index is 601. The van der Waals surface area contributed by atoms with Gasteiger partial charge >= 0.3 is 0 Å². The molecule has 0 aliphatic heterocycles. The zero-order valence-electron chi connectivity index (χ0n) is 9.91. The van der Waals surface area contributed by atoms with Gasteiger partial charge in [0.1, 0.15) is 0 Å². The van der Waals surface area contributed by atoms with Crippen molar-refractivity contribution >= 4 is 33.6 Å². The minimum absolute atomic E-state index is 0.280. The highest BCUT2D eigenvalue weighted by atomic mass is 79.9. The molecule has 0 aliphatic rings. The molecule has 0 aliphatic carbocycles. The maximum absolute atomic E-state index is 10.7. The van der Waals surface area contributed by atoms with Gasteiger partial charge in [0.15, 0.2) is 5.82 Å². The van der Waals surface area contributed by atoms with Crippen LogP contribution < -0.4 is 11.6 Å². The van der Waals surface area contributed by atoms with Crippen LogP contribution in [0.2, 0.25) is 0 Å². The minimum atomic E-state index is -0.346. The molecule has 0 fully saturated rings. The van der Waals surface area contributed by atoms with Crippen LogP contribution in [0, 0.1) is 0 Å². The maximum Gasteiger partial charge on any atom is 0.218 e. The van der Waals surface area contributed by atoms with Crippen molar-refractivity contribution in [3.05, 3.63) is 28.7 Å². The van der Waals surface area contributed by atoms with E-state index in [0.717, 1.165) is 10.0 Å². The van der Waals surface area contributed by atoms with Crippen molar-refractivity contribution in [2.45, 2.75) is 11.6 Å². The lowest BCUT2D eigenvalue weighted by atomic mass is 10.2. The van der Waals surface area contributed by atoms with Gasteiger partial charge in [-0.3, -0.25) is 4.79 Å². The Hall–Kier alpha value is -1.54. The number of carbonyl (C=O) groups excluding carboxylic acids is 1. The number of primary amides is 1. The molecule has 2 rings (SSSR count). The lowest BCUT2D eigenvalue weighted by Gasteiger charge is -2.04. The van der Waals surface area contributed by atoms with Crippen molar-refractivity contribution in [1.29, 1.82) is 0 Å². The van der Waals surface area contributed by atoms with E-state index < -0.39 is 0 Å². The first-order valence-electron chi connectivity index (χ1n) is 5.46. The molecular weight excluding hydrogens is 330 g/mol. The summed E-state index contributed by atoms with van der Waals surface area (Å²) in [7, 11) is 0. The third-order valence-corrected chi connectivity index (χ3v) is 4.00. The summed E-state index contributed by atoms with van der Waals surface area (Å²) in [6.45, 7) is 0. The number of rotatable bonds is 5. The van der Waals surface area contributed by atoms with Gasteiger partial charge in [0.25, 0.3) is 0 Å². The number of carbonyl (C=O) groups is 1. The fraction of sp³-hybridized carbons (Fsp3) is 0.182. The van der Waals surface area contributed by atoms with Gasteiger partial charge < -0.3 is 11.6 Å². The number of halogens is 1. The van der Waals surface area contributed by atoms with Crippen LogP contribution in [0.25, 0.3) is 11.4 Å². The van der Waals surface area contributed by atoms with Crippen LogP contribution in [-0.4, -0.2) is 26.5 Å². The summed E-state index contributed by atoms with van der Waals surface area (Å²) in [5.41, 5.74) is 5.94. The highest BCUT2D eigenvalue weighted by Crippen LogP contribution is 2.27. The van der Waals surface area contributed by atoms with Gasteiger partial charge in [-0.1, -0.05) is 39.8 Å². The predicted octanol–water partition coefficient (Wildman–Crippen LogP) is 1.39. The molecule has 0 saturated heterocycles. The molecule has 0 bridgehead atoms. The zero-order valence-corrected chi connectivity index (χ0v) is 12.3. The summed E-state index contributed by atoms with van der Waals surface area (Å²) in [5.74, 6) is 6.70. The molecule has 0 radical (unpaired) electrons. The highest BCUT2D eigenvalue weighted by Gasteiger charge is 2.14. The number of benzene rings is 1. The maximum atomic E-state index is 10.7. The summed E-state index contributed by atoms with van der Waals surface area (Å²) < 4.78 is 2.30.